The third kappa shape index (κ3) is 9.65. The maximum Gasteiger partial charge on any atom is 0.328 e. The number of amides is 3. The summed E-state index contributed by atoms with van der Waals surface area (Å²) < 4.78 is 0. The van der Waals surface area contributed by atoms with Crippen molar-refractivity contribution < 1.29 is 29.4 Å². The average molecular weight is 402 g/mol. The van der Waals surface area contributed by atoms with Crippen molar-refractivity contribution in [2.24, 2.45) is 17.6 Å². The summed E-state index contributed by atoms with van der Waals surface area (Å²) in [6.45, 7) is 8.24. The van der Waals surface area contributed by atoms with E-state index in [-0.39, 0.29) is 11.8 Å². The Kier molecular flexibility index (Phi) is 11.3. The van der Waals surface area contributed by atoms with E-state index in [1.54, 1.807) is 0 Å². The zero-order valence-electron chi connectivity index (χ0n) is 17.2. The Hall–Kier alpha value is -2.20. The SMILES string of the molecule is CC(C)CC(N)C(=O)NC(CC(C)C)C(=O)NC(C)C(=O)NC(CO)C(=O)O. The molecular weight excluding hydrogens is 368 g/mol. The first-order chi connectivity index (χ1) is 12.9. The summed E-state index contributed by atoms with van der Waals surface area (Å²) in [5.74, 6) is -2.86. The van der Waals surface area contributed by atoms with Crippen molar-refractivity contribution in [2.45, 2.75) is 71.6 Å². The van der Waals surface area contributed by atoms with Gasteiger partial charge in [0.1, 0.15) is 18.1 Å². The first kappa shape index (κ1) is 25.8. The Morgan fingerprint density at radius 1 is 0.786 bits per heavy atom. The normalized spacial score (nSPS) is 15.5. The standard InChI is InChI=1S/C18H34N4O6/c1-9(2)6-12(19)16(25)21-13(7-10(3)4)17(26)20-11(5)15(24)22-14(8-23)18(27)28/h9-14,23H,6-8,19H2,1-5H3,(H,20,26)(H,21,25)(H,22,24)(H,27,28). The van der Waals surface area contributed by atoms with Crippen molar-refractivity contribution in [3.63, 3.8) is 0 Å². The van der Waals surface area contributed by atoms with E-state index in [1.807, 2.05) is 27.7 Å². The van der Waals surface area contributed by atoms with Crippen molar-refractivity contribution in [1.82, 2.24) is 16.0 Å². The molecule has 0 saturated heterocycles. The lowest BCUT2D eigenvalue weighted by atomic mass is 10.0. The molecule has 0 aromatic heterocycles. The quantitative estimate of drug-likeness (QED) is 0.242. The fraction of sp³-hybridized carbons (Fsp3) is 0.778. The van der Waals surface area contributed by atoms with Gasteiger partial charge in [0.15, 0.2) is 0 Å². The molecule has 0 fully saturated rings. The molecule has 0 aliphatic heterocycles. The minimum absolute atomic E-state index is 0.0901. The molecule has 0 aliphatic rings. The molecule has 10 nitrogen and oxygen atoms in total. The summed E-state index contributed by atoms with van der Waals surface area (Å²) in [6, 6.07) is -4.15. The van der Waals surface area contributed by atoms with Crippen LogP contribution in [-0.2, 0) is 19.2 Å². The van der Waals surface area contributed by atoms with Gasteiger partial charge in [0.05, 0.1) is 12.6 Å². The lowest BCUT2D eigenvalue weighted by molar-refractivity contribution is -0.143. The number of hydrogen-bond acceptors (Lipinski definition) is 6. The number of hydrogen-bond donors (Lipinski definition) is 6. The smallest absolute Gasteiger partial charge is 0.328 e. The molecule has 0 heterocycles. The summed E-state index contributed by atoms with van der Waals surface area (Å²) >= 11 is 0. The molecule has 7 N–H and O–H groups in total. The molecular formula is C18H34N4O6. The summed E-state index contributed by atoms with van der Waals surface area (Å²) in [5.41, 5.74) is 5.86. The second kappa shape index (κ2) is 12.3. The highest BCUT2D eigenvalue weighted by Crippen LogP contribution is 2.08. The number of carbonyl (C=O) groups excluding carboxylic acids is 3. The van der Waals surface area contributed by atoms with Gasteiger partial charge in [0.25, 0.3) is 0 Å². The van der Waals surface area contributed by atoms with E-state index in [1.165, 1.54) is 6.92 Å². The van der Waals surface area contributed by atoms with Gasteiger partial charge in [0, 0.05) is 0 Å². The minimum Gasteiger partial charge on any atom is -0.480 e. The van der Waals surface area contributed by atoms with E-state index in [0.717, 1.165) is 0 Å². The highest BCUT2D eigenvalue weighted by molar-refractivity contribution is 5.93. The van der Waals surface area contributed by atoms with E-state index < -0.39 is 54.5 Å². The predicted molar refractivity (Wildman–Crippen MR) is 103 cm³/mol. The zero-order valence-corrected chi connectivity index (χ0v) is 17.2. The second-order valence-electron chi connectivity index (χ2n) is 7.74. The molecule has 0 bridgehead atoms. The number of carboxylic acid groups (broad SMARTS) is 1. The van der Waals surface area contributed by atoms with Gasteiger partial charge >= 0.3 is 5.97 Å². The van der Waals surface area contributed by atoms with Crippen LogP contribution < -0.4 is 21.7 Å². The lowest BCUT2D eigenvalue weighted by Crippen LogP contribution is -2.57. The van der Waals surface area contributed by atoms with Gasteiger partial charge in [-0.1, -0.05) is 27.7 Å². The topological polar surface area (TPSA) is 171 Å². The van der Waals surface area contributed by atoms with E-state index in [9.17, 15) is 19.2 Å². The van der Waals surface area contributed by atoms with E-state index in [2.05, 4.69) is 16.0 Å². The molecule has 0 saturated carbocycles. The molecule has 10 heteroatoms. The Morgan fingerprint density at radius 3 is 1.71 bits per heavy atom. The summed E-state index contributed by atoms with van der Waals surface area (Å²) in [6.07, 6.45) is 0.813. The fourth-order valence-corrected chi connectivity index (χ4v) is 2.46. The van der Waals surface area contributed by atoms with Crippen molar-refractivity contribution in [1.29, 1.82) is 0 Å². The number of aliphatic carboxylic acids is 1. The molecule has 0 spiro atoms. The minimum atomic E-state index is -1.47. The molecule has 162 valence electrons. The Morgan fingerprint density at radius 2 is 1.29 bits per heavy atom. The number of carboxylic acids is 1. The van der Waals surface area contributed by atoms with Crippen molar-refractivity contribution in [2.75, 3.05) is 6.61 Å². The van der Waals surface area contributed by atoms with Crippen LogP contribution in [0.25, 0.3) is 0 Å². The van der Waals surface area contributed by atoms with Crippen LogP contribution in [0.2, 0.25) is 0 Å². The van der Waals surface area contributed by atoms with Crippen LogP contribution in [0, 0.1) is 11.8 Å². The maximum atomic E-state index is 12.6. The molecule has 0 aliphatic carbocycles. The van der Waals surface area contributed by atoms with Crippen LogP contribution in [0.5, 0.6) is 0 Å². The van der Waals surface area contributed by atoms with E-state index in [0.29, 0.717) is 12.8 Å². The van der Waals surface area contributed by atoms with Crippen LogP contribution in [-0.4, -0.2) is 64.7 Å². The van der Waals surface area contributed by atoms with Crippen LogP contribution in [0.3, 0.4) is 0 Å². The van der Waals surface area contributed by atoms with Crippen LogP contribution in [0.4, 0.5) is 0 Å². The molecule has 0 aromatic carbocycles. The highest BCUT2D eigenvalue weighted by Gasteiger charge is 2.28. The molecule has 0 radical (unpaired) electrons. The number of rotatable bonds is 12. The Labute approximate surface area is 165 Å². The second-order valence-corrected chi connectivity index (χ2v) is 7.74. The first-order valence-corrected chi connectivity index (χ1v) is 9.39. The molecule has 4 unspecified atom stereocenters. The monoisotopic (exact) mass is 402 g/mol. The van der Waals surface area contributed by atoms with E-state index in [4.69, 9.17) is 15.9 Å². The summed E-state index contributed by atoms with van der Waals surface area (Å²) in [4.78, 5) is 47.7. The molecule has 0 rings (SSSR count). The van der Waals surface area contributed by atoms with Gasteiger partial charge < -0.3 is 31.9 Å². The van der Waals surface area contributed by atoms with Gasteiger partial charge in [-0.05, 0) is 31.6 Å². The fourth-order valence-electron chi connectivity index (χ4n) is 2.46. The lowest BCUT2D eigenvalue weighted by Gasteiger charge is -2.24. The van der Waals surface area contributed by atoms with Gasteiger partial charge in [-0.3, -0.25) is 14.4 Å². The number of carbonyl (C=O) groups is 4. The third-order valence-electron chi connectivity index (χ3n) is 3.95. The third-order valence-corrected chi connectivity index (χ3v) is 3.95. The number of nitrogens with two attached hydrogens (primary N) is 1. The van der Waals surface area contributed by atoms with Crippen molar-refractivity contribution in [3.8, 4) is 0 Å². The molecule has 28 heavy (non-hydrogen) atoms. The number of aliphatic hydroxyl groups is 1. The zero-order chi connectivity index (χ0) is 22.0. The Balaban J connectivity index is 4.98. The van der Waals surface area contributed by atoms with Gasteiger partial charge in [-0.25, -0.2) is 4.79 Å². The maximum absolute atomic E-state index is 12.6. The Bertz CT molecular complexity index is 552. The largest absolute Gasteiger partial charge is 0.480 e. The van der Waals surface area contributed by atoms with E-state index >= 15 is 0 Å². The summed E-state index contributed by atoms with van der Waals surface area (Å²) in [5, 5.41) is 25.0. The molecule has 3 amide bonds. The first-order valence-electron chi connectivity index (χ1n) is 9.39. The number of aliphatic hydroxyl groups excluding tert-OH is 1. The highest BCUT2D eigenvalue weighted by atomic mass is 16.4. The van der Waals surface area contributed by atoms with Crippen LogP contribution in [0.15, 0.2) is 0 Å². The molecule has 0 aromatic rings. The van der Waals surface area contributed by atoms with Gasteiger partial charge in [0.2, 0.25) is 17.7 Å². The molecule has 4 atom stereocenters. The van der Waals surface area contributed by atoms with Crippen LogP contribution >= 0.6 is 0 Å². The number of nitrogens with one attached hydrogen (secondary N) is 3. The van der Waals surface area contributed by atoms with Crippen molar-refractivity contribution >= 4 is 23.7 Å². The average Bonchev–Trinajstić information content (AvgIpc) is 2.57. The van der Waals surface area contributed by atoms with Gasteiger partial charge in [-0.2, -0.15) is 0 Å². The van der Waals surface area contributed by atoms with Crippen molar-refractivity contribution in [3.05, 3.63) is 0 Å². The van der Waals surface area contributed by atoms with Gasteiger partial charge in [-0.15, -0.1) is 0 Å². The van der Waals surface area contributed by atoms with Crippen LogP contribution in [0.1, 0.15) is 47.5 Å². The predicted octanol–water partition coefficient (Wildman–Crippen LogP) is -1.04. The summed E-state index contributed by atoms with van der Waals surface area (Å²) in [7, 11) is 0.